The fourth-order valence-electron chi connectivity index (χ4n) is 5.18. The van der Waals surface area contributed by atoms with Crippen LogP contribution in [0.5, 0.6) is 0 Å². The Balaban J connectivity index is 0.00000136. The summed E-state index contributed by atoms with van der Waals surface area (Å²) < 4.78 is 5.93. The zero-order valence-corrected chi connectivity index (χ0v) is 19.4. The minimum atomic E-state index is 0. The number of rotatable bonds is 5. The summed E-state index contributed by atoms with van der Waals surface area (Å²) in [7, 11) is 0. The summed E-state index contributed by atoms with van der Waals surface area (Å²) >= 11 is 0. The zero-order chi connectivity index (χ0) is 19.6. The molecule has 2 aromatic rings. The number of aromatic nitrogens is 1. The number of amides is 1. The molecule has 3 saturated heterocycles. The van der Waals surface area contributed by atoms with E-state index in [2.05, 4.69) is 20.1 Å². The number of hydrogen-bond donors (Lipinski definition) is 1. The molecule has 3 aliphatic heterocycles. The predicted molar refractivity (Wildman–Crippen MR) is 126 cm³/mol. The van der Waals surface area contributed by atoms with Crippen LogP contribution in [0.25, 0.3) is 11.3 Å². The number of hydrogen-bond acceptors (Lipinski definition) is 5. The Kier molecular flexibility index (Phi) is 8.39. The number of nitrogens with zero attached hydrogens (tertiary/aromatic N) is 3. The first-order valence-electron chi connectivity index (χ1n) is 11.0. The van der Waals surface area contributed by atoms with Gasteiger partial charge in [0.05, 0.1) is 12.7 Å². The largest absolute Gasteiger partial charge is 0.439 e. The molecule has 3 aliphatic rings. The highest BCUT2D eigenvalue weighted by molar-refractivity contribution is 5.85. The predicted octanol–water partition coefficient (Wildman–Crippen LogP) is 3.75. The van der Waals surface area contributed by atoms with E-state index in [1.807, 2.05) is 30.3 Å². The molecule has 2 atom stereocenters. The van der Waals surface area contributed by atoms with E-state index < -0.39 is 0 Å². The van der Waals surface area contributed by atoms with Crippen molar-refractivity contribution in [2.75, 3.05) is 26.2 Å². The molecule has 1 N–H and O–H groups in total. The molecule has 2 unspecified atom stereocenters. The van der Waals surface area contributed by atoms with Crippen molar-refractivity contribution in [3.63, 3.8) is 0 Å². The molecule has 1 aromatic carbocycles. The highest BCUT2D eigenvalue weighted by Gasteiger charge is 2.35. The van der Waals surface area contributed by atoms with Gasteiger partial charge in [0.25, 0.3) is 0 Å². The van der Waals surface area contributed by atoms with Crippen molar-refractivity contribution >= 4 is 30.7 Å². The Morgan fingerprint density at radius 3 is 2.39 bits per heavy atom. The van der Waals surface area contributed by atoms with Crippen LogP contribution in [0.3, 0.4) is 0 Å². The Hall–Kier alpha value is -1.60. The van der Waals surface area contributed by atoms with Crippen molar-refractivity contribution in [2.45, 2.75) is 50.7 Å². The maximum absolute atomic E-state index is 12.8. The van der Waals surface area contributed by atoms with Crippen molar-refractivity contribution in [3.8, 4) is 11.3 Å². The van der Waals surface area contributed by atoms with Gasteiger partial charge in [-0.2, -0.15) is 0 Å². The van der Waals surface area contributed by atoms with Gasteiger partial charge in [-0.15, -0.1) is 24.8 Å². The fraction of sp³-hybridized carbons (Fsp3) is 0.565. The summed E-state index contributed by atoms with van der Waals surface area (Å²) in [5.41, 5.74) is 1.05. The summed E-state index contributed by atoms with van der Waals surface area (Å²) in [5.74, 6) is 2.47. The van der Waals surface area contributed by atoms with E-state index in [4.69, 9.17) is 4.42 Å². The van der Waals surface area contributed by atoms with Crippen LogP contribution in [-0.2, 0) is 11.3 Å². The van der Waals surface area contributed by atoms with Crippen LogP contribution in [0, 0.1) is 5.92 Å². The summed E-state index contributed by atoms with van der Waals surface area (Å²) in [6.07, 6.45) is 7.47. The number of oxazole rings is 1. The number of benzene rings is 1. The molecule has 0 spiro atoms. The smallest absolute Gasteiger partial charge is 0.222 e. The van der Waals surface area contributed by atoms with Crippen molar-refractivity contribution in [2.24, 2.45) is 5.92 Å². The minimum Gasteiger partial charge on any atom is -0.439 e. The molecule has 0 aliphatic carbocycles. The van der Waals surface area contributed by atoms with Crippen LogP contribution in [0.15, 0.2) is 40.9 Å². The molecule has 1 aromatic heterocycles. The lowest BCUT2D eigenvalue weighted by Crippen LogP contribution is -2.49. The number of fused-ring (bicyclic) bond motifs is 2. The number of nitrogens with one attached hydrogen (secondary N) is 1. The molecule has 2 bridgehead atoms. The first kappa shape index (κ1) is 24.1. The maximum Gasteiger partial charge on any atom is 0.222 e. The lowest BCUT2D eigenvalue weighted by Gasteiger charge is -2.36. The van der Waals surface area contributed by atoms with Gasteiger partial charge in [0.2, 0.25) is 11.8 Å². The third-order valence-corrected chi connectivity index (χ3v) is 6.73. The van der Waals surface area contributed by atoms with Crippen molar-refractivity contribution < 1.29 is 9.21 Å². The van der Waals surface area contributed by atoms with Crippen LogP contribution >= 0.6 is 24.8 Å². The molecular weight excluding hydrogens is 435 g/mol. The number of piperazine rings is 1. The first-order chi connectivity index (χ1) is 14.2. The van der Waals surface area contributed by atoms with Crippen molar-refractivity contribution in [1.82, 2.24) is 20.1 Å². The fourth-order valence-corrected chi connectivity index (χ4v) is 5.18. The molecule has 0 saturated carbocycles. The standard InChI is InChI=1S/C23H30N4O2.2ClH/c28-23(14-17-12-19-6-7-20(13-17)25-19)27-10-8-26(9-11-27)16-22-24-15-21(29-22)18-4-2-1-3-5-18;;/h1-5,15,17,19-20,25H,6-14,16H2;2*1H. The number of halogens is 2. The van der Waals surface area contributed by atoms with Gasteiger partial charge >= 0.3 is 0 Å². The number of piperidine rings is 1. The molecule has 1 amide bonds. The quantitative estimate of drug-likeness (QED) is 0.726. The summed E-state index contributed by atoms with van der Waals surface area (Å²) in [5, 5.41) is 3.67. The number of carbonyl (C=O) groups excluding carboxylic acids is 1. The lowest BCUT2D eigenvalue weighted by atomic mass is 9.89. The lowest BCUT2D eigenvalue weighted by molar-refractivity contribution is -0.134. The van der Waals surface area contributed by atoms with Crippen LogP contribution in [0.1, 0.15) is 38.0 Å². The third kappa shape index (κ3) is 5.80. The highest BCUT2D eigenvalue weighted by atomic mass is 35.5. The zero-order valence-electron chi connectivity index (χ0n) is 17.7. The van der Waals surface area contributed by atoms with Crippen LogP contribution in [0.2, 0.25) is 0 Å². The van der Waals surface area contributed by atoms with E-state index >= 15 is 0 Å². The van der Waals surface area contributed by atoms with Crippen molar-refractivity contribution in [1.29, 1.82) is 0 Å². The monoisotopic (exact) mass is 466 g/mol. The van der Waals surface area contributed by atoms with Gasteiger partial charge in [-0.1, -0.05) is 30.3 Å². The third-order valence-electron chi connectivity index (χ3n) is 6.73. The molecule has 6 nitrogen and oxygen atoms in total. The highest BCUT2D eigenvalue weighted by Crippen LogP contribution is 2.33. The summed E-state index contributed by atoms with van der Waals surface area (Å²) in [6.45, 7) is 4.08. The SMILES string of the molecule is Cl.Cl.O=C(CC1CC2CCC(C1)N2)N1CCN(Cc2ncc(-c3ccccc3)o2)CC1. The van der Waals surface area contributed by atoms with Gasteiger partial charge in [0.1, 0.15) is 0 Å². The minimum absolute atomic E-state index is 0. The second-order valence-electron chi connectivity index (χ2n) is 8.82. The molecule has 0 radical (unpaired) electrons. The molecule has 31 heavy (non-hydrogen) atoms. The van der Waals surface area contributed by atoms with Crippen molar-refractivity contribution in [3.05, 3.63) is 42.4 Å². The van der Waals surface area contributed by atoms with E-state index in [-0.39, 0.29) is 24.8 Å². The Morgan fingerprint density at radius 1 is 1.03 bits per heavy atom. The van der Waals surface area contributed by atoms with E-state index in [0.717, 1.165) is 49.8 Å². The second kappa shape index (κ2) is 10.8. The Bertz CT molecular complexity index is 827. The summed E-state index contributed by atoms with van der Waals surface area (Å²) in [4.78, 5) is 21.6. The summed E-state index contributed by atoms with van der Waals surface area (Å²) in [6, 6.07) is 11.4. The van der Waals surface area contributed by atoms with E-state index in [9.17, 15) is 4.79 Å². The van der Waals surface area contributed by atoms with Crippen LogP contribution in [-0.4, -0.2) is 59.0 Å². The van der Waals surface area contributed by atoms with Crippen LogP contribution in [0.4, 0.5) is 0 Å². The Morgan fingerprint density at radius 2 is 1.71 bits per heavy atom. The Labute approximate surface area is 196 Å². The topological polar surface area (TPSA) is 61.6 Å². The van der Waals surface area contributed by atoms with E-state index in [1.54, 1.807) is 6.20 Å². The van der Waals surface area contributed by atoms with E-state index in [0.29, 0.717) is 30.5 Å². The van der Waals surface area contributed by atoms with E-state index in [1.165, 1.54) is 25.7 Å². The average Bonchev–Trinajstić information content (AvgIpc) is 3.35. The number of carbonyl (C=O) groups is 1. The molecule has 8 heteroatoms. The molecule has 170 valence electrons. The average molecular weight is 467 g/mol. The second-order valence-corrected chi connectivity index (χ2v) is 8.82. The van der Waals surface area contributed by atoms with Crippen LogP contribution < -0.4 is 5.32 Å². The van der Waals surface area contributed by atoms with Gasteiger partial charge in [0.15, 0.2) is 5.76 Å². The van der Waals surface area contributed by atoms with Gasteiger partial charge < -0.3 is 14.6 Å². The molecular formula is C23H32Cl2N4O2. The van der Waals surface area contributed by atoms with Gasteiger partial charge in [-0.05, 0) is 31.6 Å². The van der Waals surface area contributed by atoms with Gasteiger partial charge in [-0.3, -0.25) is 9.69 Å². The van der Waals surface area contributed by atoms with Gasteiger partial charge in [0, 0.05) is 50.2 Å². The molecule has 3 fully saturated rings. The normalized spacial score (nSPS) is 25.5. The molecule has 5 rings (SSSR count). The maximum atomic E-state index is 12.8. The van der Waals surface area contributed by atoms with Gasteiger partial charge in [-0.25, -0.2) is 4.98 Å². The molecule has 4 heterocycles. The first-order valence-corrected chi connectivity index (χ1v) is 11.0.